The molecule has 5 nitrogen and oxygen atoms in total. The van der Waals surface area contributed by atoms with E-state index in [1.54, 1.807) is 14.0 Å². The first-order valence-corrected chi connectivity index (χ1v) is 8.75. The molecule has 1 aromatic carbocycles. The van der Waals surface area contributed by atoms with Gasteiger partial charge in [0, 0.05) is 19.1 Å². The predicted molar refractivity (Wildman–Crippen MR) is 86.2 cm³/mol. The summed E-state index contributed by atoms with van der Waals surface area (Å²) in [5.41, 5.74) is 0.996. The third-order valence-corrected chi connectivity index (χ3v) is 5.07. The van der Waals surface area contributed by atoms with E-state index in [0.717, 1.165) is 11.3 Å². The summed E-state index contributed by atoms with van der Waals surface area (Å²) in [5, 5.41) is 2.68. The number of para-hydroxylation sites is 1. The molecule has 0 aliphatic carbocycles. The number of hydrogen-bond acceptors (Lipinski definition) is 4. The summed E-state index contributed by atoms with van der Waals surface area (Å²) >= 11 is 0. The van der Waals surface area contributed by atoms with Crippen LogP contribution in [0.25, 0.3) is 0 Å². The Balaban J connectivity index is 2.50. The van der Waals surface area contributed by atoms with Crippen LogP contribution in [-0.4, -0.2) is 39.9 Å². The Labute approximate surface area is 128 Å². The zero-order valence-electron chi connectivity index (χ0n) is 13.2. The second-order valence-electron chi connectivity index (χ2n) is 5.37. The quantitative estimate of drug-likeness (QED) is 0.725. The number of sulfonamides is 1. The number of methoxy groups -OCH3 is 1. The zero-order chi connectivity index (χ0) is 15.9. The molecule has 0 aliphatic heterocycles. The van der Waals surface area contributed by atoms with Crippen molar-refractivity contribution in [2.45, 2.75) is 38.5 Å². The van der Waals surface area contributed by atoms with Gasteiger partial charge >= 0.3 is 0 Å². The van der Waals surface area contributed by atoms with Crippen molar-refractivity contribution in [1.82, 2.24) is 10.0 Å². The highest BCUT2D eigenvalue weighted by molar-refractivity contribution is 7.90. The monoisotopic (exact) mass is 314 g/mol. The molecule has 0 heterocycles. The smallest absolute Gasteiger partial charge is 0.215 e. The Kier molecular flexibility index (Phi) is 7.14. The lowest BCUT2D eigenvalue weighted by molar-refractivity contribution is 0.409. The van der Waals surface area contributed by atoms with Crippen LogP contribution in [0.3, 0.4) is 0 Å². The molecule has 0 aromatic heterocycles. The molecule has 0 radical (unpaired) electrons. The van der Waals surface area contributed by atoms with Gasteiger partial charge < -0.3 is 10.1 Å². The van der Waals surface area contributed by atoms with Gasteiger partial charge in [0.2, 0.25) is 10.0 Å². The third kappa shape index (κ3) is 6.03. The molecule has 120 valence electrons. The fourth-order valence-corrected chi connectivity index (χ4v) is 2.88. The summed E-state index contributed by atoms with van der Waals surface area (Å²) in [6.07, 6.45) is 0.605. The number of ether oxygens (including phenoxy) is 1. The van der Waals surface area contributed by atoms with Crippen LogP contribution in [0.15, 0.2) is 24.3 Å². The second-order valence-corrected chi connectivity index (χ2v) is 7.56. The Hall–Kier alpha value is -1.11. The lowest BCUT2D eigenvalue weighted by atomic mass is 10.1. The van der Waals surface area contributed by atoms with Gasteiger partial charge in [-0.15, -0.1) is 0 Å². The largest absolute Gasteiger partial charge is 0.496 e. The number of hydrogen-bond donors (Lipinski definition) is 2. The van der Waals surface area contributed by atoms with Crippen LogP contribution in [-0.2, 0) is 16.4 Å². The lowest BCUT2D eigenvalue weighted by Crippen LogP contribution is -2.41. The van der Waals surface area contributed by atoms with Gasteiger partial charge in [-0.3, -0.25) is 0 Å². The minimum atomic E-state index is -3.30. The molecular formula is C15H26N2O3S. The van der Waals surface area contributed by atoms with E-state index < -0.39 is 15.3 Å². The van der Waals surface area contributed by atoms with E-state index >= 15 is 0 Å². The molecule has 1 rings (SSSR count). The van der Waals surface area contributed by atoms with Crippen molar-refractivity contribution in [3.05, 3.63) is 29.8 Å². The molecular weight excluding hydrogens is 288 g/mol. The molecule has 1 unspecified atom stereocenters. The van der Waals surface area contributed by atoms with Gasteiger partial charge in [0.1, 0.15) is 5.75 Å². The van der Waals surface area contributed by atoms with Gasteiger partial charge in [-0.2, -0.15) is 0 Å². The van der Waals surface area contributed by atoms with Crippen LogP contribution in [0.1, 0.15) is 26.3 Å². The number of rotatable bonds is 9. The van der Waals surface area contributed by atoms with Crippen molar-refractivity contribution in [3.8, 4) is 5.75 Å². The van der Waals surface area contributed by atoms with E-state index in [4.69, 9.17) is 4.74 Å². The van der Waals surface area contributed by atoms with Crippen LogP contribution >= 0.6 is 0 Å². The summed E-state index contributed by atoms with van der Waals surface area (Å²) in [6.45, 7) is 6.51. The molecule has 0 amide bonds. The van der Waals surface area contributed by atoms with E-state index in [-0.39, 0.29) is 6.04 Å². The van der Waals surface area contributed by atoms with Gasteiger partial charge in [-0.05, 0) is 25.0 Å². The van der Waals surface area contributed by atoms with E-state index in [1.807, 2.05) is 38.1 Å². The minimum absolute atomic E-state index is 0.274. The van der Waals surface area contributed by atoms with Gasteiger partial charge in [0.25, 0.3) is 0 Å². The van der Waals surface area contributed by atoms with E-state index in [9.17, 15) is 8.42 Å². The molecule has 0 spiro atoms. The highest BCUT2D eigenvalue weighted by Crippen LogP contribution is 2.17. The number of benzene rings is 1. The molecule has 0 saturated carbocycles. The Morgan fingerprint density at radius 2 is 1.86 bits per heavy atom. The summed E-state index contributed by atoms with van der Waals surface area (Å²) in [5.74, 6) is 0.784. The topological polar surface area (TPSA) is 67.4 Å². The maximum atomic E-state index is 12.1. The molecule has 1 atom stereocenters. The minimum Gasteiger partial charge on any atom is -0.496 e. The molecule has 2 N–H and O–H groups in total. The normalized spacial score (nSPS) is 13.4. The summed E-state index contributed by atoms with van der Waals surface area (Å²) in [6, 6.07) is 7.90. The van der Waals surface area contributed by atoms with Gasteiger partial charge in [-0.25, -0.2) is 13.1 Å². The maximum Gasteiger partial charge on any atom is 0.215 e. The SMILES string of the molecule is COc1ccccc1CCNS(=O)(=O)C(C)CNC(C)C. The van der Waals surface area contributed by atoms with Crippen molar-refractivity contribution in [2.75, 3.05) is 20.2 Å². The average molecular weight is 314 g/mol. The summed E-state index contributed by atoms with van der Waals surface area (Å²) in [4.78, 5) is 0. The van der Waals surface area contributed by atoms with Gasteiger partial charge in [-0.1, -0.05) is 32.0 Å². The van der Waals surface area contributed by atoms with Crippen LogP contribution < -0.4 is 14.8 Å². The van der Waals surface area contributed by atoms with E-state index in [1.165, 1.54) is 0 Å². The second kappa shape index (κ2) is 8.36. The predicted octanol–water partition coefficient (Wildman–Crippen LogP) is 1.54. The number of nitrogens with one attached hydrogen (secondary N) is 2. The Bertz CT molecular complexity index is 529. The van der Waals surface area contributed by atoms with Crippen molar-refractivity contribution >= 4 is 10.0 Å². The van der Waals surface area contributed by atoms with Crippen molar-refractivity contribution in [3.63, 3.8) is 0 Å². The first-order valence-electron chi connectivity index (χ1n) is 7.20. The fourth-order valence-electron chi connectivity index (χ4n) is 1.89. The fraction of sp³-hybridized carbons (Fsp3) is 0.600. The van der Waals surface area contributed by atoms with E-state index in [2.05, 4.69) is 10.0 Å². The molecule has 6 heteroatoms. The highest BCUT2D eigenvalue weighted by Gasteiger charge is 2.20. The van der Waals surface area contributed by atoms with Gasteiger partial charge in [0.05, 0.1) is 12.4 Å². The van der Waals surface area contributed by atoms with Crippen LogP contribution in [0.2, 0.25) is 0 Å². The first kappa shape index (κ1) is 17.9. The van der Waals surface area contributed by atoms with Crippen molar-refractivity contribution in [1.29, 1.82) is 0 Å². The average Bonchev–Trinajstić information content (AvgIpc) is 2.44. The van der Waals surface area contributed by atoms with Crippen LogP contribution in [0.4, 0.5) is 0 Å². The van der Waals surface area contributed by atoms with Gasteiger partial charge in [0.15, 0.2) is 0 Å². The lowest BCUT2D eigenvalue weighted by Gasteiger charge is -2.16. The molecule has 0 fully saturated rings. The molecule has 0 saturated heterocycles. The third-order valence-electron chi connectivity index (χ3n) is 3.23. The van der Waals surface area contributed by atoms with Crippen molar-refractivity contribution in [2.24, 2.45) is 0 Å². The highest BCUT2D eigenvalue weighted by atomic mass is 32.2. The van der Waals surface area contributed by atoms with Crippen LogP contribution in [0, 0.1) is 0 Å². The standard InChI is InChI=1S/C15H26N2O3S/c1-12(2)16-11-13(3)21(18,19)17-10-9-14-7-5-6-8-15(14)20-4/h5-8,12-13,16-17H,9-11H2,1-4H3. The van der Waals surface area contributed by atoms with E-state index in [0.29, 0.717) is 19.5 Å². The Morgan fingerprint density at radius 3 is 2.48 bits per heavy atom. The Morgan fingerprint density at radius 1 is 1.19 bits per heavy atom. The molecule has 1 aromatic rings. The summed E-state index contributed by atoms with van der Waals surface area (Å²) in [7, 11) is -1.69. The molecule has 21 heavy (non-hydrogen) atoms. The molecule has 0 aliphatic rings. The maximum absolute atomic E-state index is 12.1. The summed E-state index contributed by atoms with van der Waals surface area (Å²) < 4.78 is 32.1. The van der Waals surface area contributed by atoms with Crippen LogP contribution in [0.5, 0.6) is 5.75 Å². The molecule has 0 bridgehead atoms. The van der Waals surface area contributed by atoms with Crippen molar-refractivity contribution < 1.29 is 13.2 Å². The zero-order valence-corrected chi connectivity index (χ0v) is 14.0. The first-order chi connectivity index (χ1) is 9.86.